The van der Waals surface area contributed by atoms with Gasteiger partial charge in [-0.1, -0.05) is 22.9 Å². The molecule has 15 heavy (non-hydrogen) atoms. The number of rotatable bonds is 3. The van der Waals surface area contributed by atoms with Gasteiger partial charge < -0.3 is 4.74 Å². The van der Waals surface area contributed by atoms with Gasteiger partial charge in [-0.05, 0) is 19.3 Å². The summed E-state index contributed by atoms with van der Waals surface area (Å²) >= 11 is 3.14. The van der Waals surface area contributed by atoms with Crippen molar-refractivity contribution in [2.24, 2.45) is 5.92 Å². The molecule has 1 rings (SSSR count). The largest absolute Gasteiger partial charge is 0.450 e. The number of amides is 1. The highest BCUT2D eigenvalue weighted by atomic mass is 79.9. The summed E-state index contributed by atoms with van der Waals surface area (Å²) in [5, 5.41) is 0.290. The minimum absolute atomic E-state index is 0.0491. The van der Waals surface area contributed by atoms with Gasteiger partial charge in [0.1, 0.15) is 0 Å². The molecule has 1 aliphatic rings. The fourth-order valence-corrected chi connectivity index (χ4v) is 2.26. The van der Waals surface area contributed by atoms with Gasteiger partial charge in [0.15, 0.2) is 5.78 Å². The van der Waals surface area contributed by atoms with E-state index < -0.39 is 0 Å². The number of halogens is 1. The average Bonchev–Trinajstić information content (AvgIpc) is 2.59. The lowest BCUT2D eigenvalue weighted by atomic mass is 10.00. The van der Waals surface area contributed by atoms with Crippen molar-refractivity contribution < 1.29 is 14.3 Å². The van der Waals surface area contributed by atoms with Gasteiger partial charge in [0, 0.05) is 6.54 Å². The molecule has 1 amide bonds. The monoisotopic (exact) mass is 277 g/mol. The molecule has 0 radical (unpaired) electrons. The zero-order valence-corrected chi connectivity index (χ0v) is 10.6. The lowest BCUT2D eigenvalue weighted by Gasteiger charge is -2.24. The van der Waals surface area contributed by atoms with E-state index in [9.17, 15) is 9.59 Å². The van der Waals surface area contributed by atoms with E-state index in [-0.39, 0.29) is 29.2 Å². The van der Waals surface area contributed by atoms with E-state index in [0.717, 1.165) is 6.42 Å². The smallest absolute Gasteiger partial charge is 0.410 e. The van der Waals surface area contributed by atoms with Crippen LogP contribution < -0.4 is 0 Å². The number of Topliss-reactive ketones (excluding diaryl/α,β-unsaturated/α-hetero) is 1. The number of alkyl halides is 1. The molecule has 0 aromatic carbocycles. The Bertz CT molecular complexity index is 257. The van der Waals surface area contributed by atoms with Crippen LogP contribution in [-0.2, 0) is 9.53 Å². The number of hydrogen-bond acceptors (Lipinski definition) is 3. The Labute approximate surface area is 98.1 Å². The van der Waals surface area contributed by atoms with Gasteiger partial charge in [-0.2, -0.15) is 0 Å². The molecule has 86 valence electrons. The molecule has 1 aliphatic heterocycles. The van der Waals surface area contributed by atoms with E-state index >= 15 is 0 Å². The second-order valence-electron chi connectivity index (χ2n) is 3.70. The number of hydrogen-bond donors (Lipinski definition) is 0. The first kappa shape index (κ1) is 12.5. The van der Waals surface area contributed by atoms with Crippen LogP contribution in [0, 0.1) is 5.92 Å². The third-order valence-electron chi connectivity index (χ3n) is 2.66. The molecule has 0 aliphatic carbocycles. The maximum absolute atomic E-state index is 11.6. The van der Waals surface area contributed by atoms with E-state index in [0.29, 0.717) is 13.2 Å². The molecule has 4 nitrogen and oxygen atoms in total. The second kappa shape index (κ2) is 5.49. The number of ketones is 1. The minimum Gasteiger partial charge on any atom is -0.450 e. The summed E-state index contributed by atoms with van der Waals surface area (Å²) in [5.41, 5.74) is 0. The maximum atomic E-state index is 11.6. The molecule has 2 atom stereocenters. The highest BCUT2D eigenvalue weighted by Gasteiger charge is 2.39. The summed E-state index contributed by atoms with van der Waals surface area (Å²) in [4.78, 5) is 24.7. The normalized spacial score (nSPS) is 25.4. The molecule has 1 fully saturated rings. The molecule has 1 heterocycles. The summed E-state index contributed by atoms with van der Waals surface area (Å²) in [6.45, 7) is 4.71. The Balaban J connectivity index is 2.71. The molecule has 0 aromatic heterocycles. The summed E-state index contributed by atoms with van der Waals surface area (Å²) in [7, 11) is 0. The van der Waals surface area contributed by atoms with E-state index in [1.807, 2.05) is 6.92 Å². The zero-order valence-electron chi connectivity index (χ0n) is 9.03. The van der Waals surface area contributed by atoms with E-state index in [1.54, 1.807) is 6.92 Å². The van der Waals surface area contributed by atoms with Crippen molar-refractivity contribution in [2.45, 2.75) is 26.3 Å². The third kappa shape index (κ3) is 2.71. The fraction of sp³-hybridized carbons (Fsp3) is 0.800. The Morgan fingerprint density at radius 2 is 2.20 bits per heavy atom. The molecule has 5 heteroatoms. The van der Waals surface area contributed by atoms with Gasteiger partial charge in [-0.15, -0.1) is 0 Å². The van der Waals surface area contributed by atoms with Crippen molar-refractivity contribution in [3.8, 4) is 0 Å². The number of carbonyl (C=O) groups is 2. The highest BCUT2D eigenvalue weighted by molar-refractivity contribution is 9.09. The van der Waals surface area contributed by atoms with Gasteiger partial charge in [0.25, 0.3) is 0 Å². The third-order valence-corrected chi connectivity index (χ3v) is 3.22. The molecular formula is C10H16BrNO3. The molecule has 2 unspecified atom stereocenters. The Morgan fingerprint density at radius 1 is 1.53 bits per heavy atom. The first-order valence-corrected chi connectivity index (χ1v) is 6.26. The van der Waals surface area contributed by atoms with Crippen molar-refractivity contribution in [1.29, 1.82) is 0 Å². The number of ether oxygens (including phenoxy) is 1. The first-order chi connectivity index (χ1) is 7.11. The van der Waals surface area contributed by atoms with E-state index in [4.69, 9.17) is 4.74 Å². The van der Waals surface area contributed by atoms with Gasteiger partial charge >= 0.3 is 6.09 Å². The minimum atomic E-state index is -0.374. The van der Waals surface area contributed by atoms with Gasteiger partial charge in [0.2, 0.25) is 0 Å². The molecule has 0 bridgehead atoms. The van der Waals surface area contributed by atoms with Crippen LogP contribution in [0.15, 0.2) is 0 Å². The maximum Gasteiger partial charge on any atom is 0.410 e. The summed E-state index contributed by atoms with van der Waals surface area (Å²) < 4.78 is 4.92. The highest BCUT2D eigenvalue weighted by Crippen LogP contribution is 2.25. The summed E-state index contributed by atoms with van der Waals surface area (Å²) in [6, 6.07) is -0.316. The molecule has 0 aromatic rings. The summed E-state index contributed by atoms with van der Waals surface area (Å²) in [5.74, 6) is 0.271. The lowest BCUT2D eigenvalue weighted by Crippen LogP contribution is -2.43. The predicted molar refractivity (Wildman–Crippen MR) is 60.1 cm³/mol. The topological polar surface area (TPSA) is 46.6 Å². The second-order valence-corrected chi connectivity index (χ2v) is 4.26. The Hall–Kier alpha value is -0.580. The van der Waals surface area contributed by atoms with Crippen LogP contribution >= 0.6 is 15.9 Å². The number of likely N-dealkylation sites (tertiary alicyclic amines) is 1. The SMILES string of the molecule is CCOC(=O)N1CCC(C)C1C(=O)CBr. The number of nitrogens with zero attached hydrogens (tertiary/aromatic N) is 1. The zero-order chi connectivity index (χ0) is 11.4. The Kier molecular flexibility index (Phi) is 4.57. The van der Waals surface area contributed by atoms with Crippen molar-refractivity contribution in [3.05, 3.63) is 0 Å². The van der Waals surface area contributed by atoms with Crippen LogP contribution in [0.5, 0.6) is 0 Å². The van der Waals surface area contributed by atoms with Crippen molar-refractivity contribution in [3.63, 3.8) is 0 Å². The van der Waals surface area contributed by atoms with E-state index in [2.05, 4.69) is 15.9 Å². The summed E-state index contributed by atoms with van der Waals surface area (Å²) in [6.07, 6.45) is 0.489. The molecule has 1 saturated heterocycles. The standard InChI is InChI=1S/C10H16BrNO3/c1-3-15-10(14)12-5-4-7(2)9(12)8(13)6-11/h7,9H,3-6H2,1-2H3. The van der Waals surface area contributed by atoms with Crippen molar-refractivity contribution in [1.82, 2.24) is 4.90 Å². The van der Waals surface area contributed by atoms with Gasteiger partial charge in [0.05, 0.1) is 18.0 Å². The average molecular weight is 278 g/mol. The molecular weight excluding hydrogens is 262 g/mol. The molecule has 0 N–H and O–H groups in total. The molecule has 0 saturated carbocycles. The number of carbonyl (C=O) groups excluding carboxylic acids is 2. The van der Waals surface area contributed by atoms with Crippen LogP contribution in [0.3, 0.4) is 0 Å². The Morgan fingerprint density at radius 3 is 2.73 bits per heavy atom. The molecule has 0 spiro atoms. The van der Waals surface area contributed by atoms with Crippen LogP contribution in [0.4, 0.5) is 4.79 Å². The van der Waals surface area contributed by atoms with E-state index in [1.165, 1.54) is 4.90 Å². The van der Waals surface area contributed by atoms with Crippen LogP contribution in [0.25, 0.3) is 0 Å². The first-order valence-electron chi connectivity index (χ1n) is 5.13. The van der Waals surface area contributed by atoms with Crippen LogP contribution in [0.2, 0.25) is 0 Å². The van der Waals surface area contributed by atoms with Gasteiger partial charge in [-0.3, -0.25) is 9.69 Å². The van der Waals surface area contributed by atoms with Crippen LogP contribution in [0.1, 0.15) is 20.3 Å². The quantitative estimate of drug-likeness (QED) is 0.740. The fourth-order valence-electron chi connectivity index (χ4n) is 1.93. The van der Waals surface area contributed by atoms with Crippen molar-refractivity contribution >= 4 is 27.8 Å². The predicted octanol–water partition coefficient (Wildman–Crippen LogP) is 1.82. The lowest BCUT2D eigenvalue weighted by molar-refractivity contribution is -0.121. The van der Waals surface area contributed by atoms with Crippen molar-refractivity contribution in [2.75, 3.05) is 18.5 Å². The van der Waals surface area contributed by atoms with Gasteiger partial charge in [-0.25, -0.2) is 4.79 Å². The van der Waals surface area contributed by atoms with Crippen LogP contribution in [-0.4, -0.2) is 41.3 Å².